The number of thiazole rings is 1. The number of aromatic nitrogens is 2. The first-order valence-electron chi connectivity index (χ1n) is 9.33. The molecule has 1 fully saturated rings. The summed E-state index contributed by atoms with van der Waals surface area (Å²) in [7, 11) is 0. The van der Waals surface area contributed by atoms with Gasteiger partial charge in [-0.15, -0.1) is 0 Å². The molecule has 5 nitrogen and oxygen atoms in total. The van der Waals surface area contributed by atoms with E-state index in [1.165, 1.54) is 18.4 Å². The number of amides is 1. The third-order valence-electron chi connectivity index (χ3n) is 5.10. The summed E-state index contributed by atoms with van der Waals surface area (Å²) in [4.78, 5) is 23.8. The first-order chi connectivity index (χ1) is 12.7. The van der Waals surface area contributed by atoms with Crippen molar-refractivity contribution < 1.29 is 9.21 Å². The molecule has 1 aromatic carbocycles. The topological polar surface area (TPSA) is 59.2 Å². The molecular weight excluding hydrogens is 346 g/mol. The van der Waals surface area contributed by atoms with Crippen LogP contribution in [0.2, 0.25) is 0 Å². The lowest BCUT2D eigenvalue weighted by atomic mass is 9.88. The molecule has 0 N–H and O–H groups in total. The third-order valence-corrected chi connectivity index (χ3v) is 6.14. The normalized spacial score (nSPS) is 15.4. The van der Waals surface area contributed by atoms with Gasteiger partial charge in [0.15, 0.2) is 11.5 Å². The Balaban J connectivity index is 1.68. The molecule has 0 saturated heterocycles. The maximum Gasteiger partial charge on any atom is 0.232 e. The summed E-state index contributed by atoms with van der Waals surface area (Å²) in [6.45, 7) is 2.53. The zero-order valence-corrected chi connectivity index (χ0v) is 15.8. The van der Waals surface area contributed by atoms with E-state index in [1.807, 2.05) is 6.07 Å². The summed E-state index contributed by atoms with van der Waals surface area (Å²) in [6, 6.07) is 6.33. The summed E-state index contributed by atoms with van der Waals surface area (Å²) in [5.74, 6) is 0.934. The first kappa shape index (κ1) is 17.2. The van der Waals surface area contributed by atoms with Crippen molar-refractivity contribution >= 4 is 32.6 Å². The average molecular weight is 369 g/mol. The highest BCUT2D eigenvalue weighted by atomic mass is 32.1. The van der Waals surface area contributed by atoms with Crippen LogP contribution in [0.4, 0.5) is 5.13 Å². The lowest BCUT2D eigenvalue weighted by Gasteiger charge is -2.27. The quantitative estimate of drug-likeness (QED) is 0.638. The second-order valence-corrected chi connectivity index (χ2v) is 7.89. The zero-order chi connectivity index (χ0) is 17.9. The maximum atomic E-state index is 13.3. The summed E-state index contributed by atoms with van der Waals surface area (Å²) < 4.78 is 6.53. The Morgan fingerprint density at radius 1 is 1.31 bits per heavy atom. The Morgan fingerprint density at radius 2 is 2.15 bits per heavy atom. The molecule has 1 aliphatic carbocycles. The SMILES string of the molecule is CCc1ccc2nc(N(Cc3cnco3)C(=O)C3CCCCC3)sc2c1. The molecule has 0 aliphatic heterocycles. The van der Waals surface area contributed by atoms with Crippen molar-refractivity contribution in [2.45, 2.75) is 52.0 Å². The second kappa shape index (κ2) is 7.58. The Morgan fingerprint density at radius 3 is 2.88 bits per heavy atom. The van der Waals surface area contributed by atoms with Gasteiger partial charge in [-0.05, 0) is 37.0 Å². The Hall–Kier alpha value is -2.21. The van der Waals surface area contributed by atoms with Crippen LogP contribution in [0.25, 0.3) is 10.2 Å². The van der Waals surface area contributed by atoms with Gasteiger partial charge in [0.2, 0.25) is 5.91 Å². The van der Waals surface area contributed by atoms with Crippen LogP contribution in [0, 0.1) is 5.92 Å². The van der Waals surface area contributed by atoms with E-state index in [1.54, 1.807) is 22.4 Å². The Labute approximate surface area is 157 Å². The third kappa shape index (κ3) is 3.51. The van der Waals surface area contributed by atoms with E-state index in [4.69, 9.17) is 9.40 Å². The number of rotatable bonds is 5. The van der Waals surface area contributed by atoms with Crippen LogP contribution in [0.5, 0.6) is 0 Å². The molecule has 1 saturated carbocycles. The largest absolute Gasteiger partial charge is 0.447 e. The highest BCUT2D eigenvalue weighted by Crippen LogP contribution is 2.34. The first-order valence-corrected chi connectivity index (χ1v) is 10.1. The van der Waals surface area contributed by atoms with Gasteiger partial charge >= 0.3 is 0 Å². The molecule has 0 radical (unpaired) electrons. The minimum Gasteiger partial charge on any atom is -0.447 e. The van der Waals surface area contributed by atoms with Crippen LogP contribution in [-0.2, 0) is 17.8 Å². The lowest BCUT2D eigenvalue weighted by molar-refractivity contribution is -0.123. The summed E-state index contributed by atoms with van der Waals surface area (Å²) in [5.41, 5.74) is 2.23. The molecule has 4 rings (SSSR count). The highest BCUT2D eigenvalue weighted by Gasteiger charge is 2.29. The molecule has 0 spiro atoms. The molecule has 2 heterocycles. The highest BCUT2D eigenvalue weighted by molar-refractivity contribution is 7.22. The van der Waals surface area contributed by atoms with E-state index in [0.717, 1.165) is 47.5 Å². The van der Waals surface area contributed by atoms with E-state index in [-0.39, 0.29) is 11.8 Å². The molecule has 1 amide bonds. The van der Waals surface area contributed by atoms with Gasteiger partial charge in [-0.3, -0.25) is 9.69 Å². The van der Waals surface area contributed by atoms with Gasteiger partial charge in [-0.1, -0.05) is 43.6 Å². The standard InChI is InChI=1S/C20H23N3O2S/c1-2-14-8-9-17-18(10-14)26-20(22-17)23(12-16-11-21-13-25-16)19(24)15-6-4-3-5-7-15/h8-11,13,15H,2-7,12H2,1H3. The predicted octanol–water partition coefficient (Wildman–Crippen LogP) is 4.96. The fourth-order valence-corrected chi connectivity index (χ4v) is 4.61. The molecule has 6 heteroatoms. The summed E-state index contributed by atoms with van der Waals surface area (Å²) in [6.07, 6.45) is 9.50. The van der Waals surface area contributed by atoms with Gasteiger partial charge < -0.3 is 4.42 Å². The van der Waals surface area contributed by atoms with Gasteiger partial charge in [0.25, 0.3) is 0 Å². The smallest absolute Gasteiger partial charge is 0.232 e. The predicted molar refractivity (Wildman–Crippen MR) is 103 cm³/mol. The van der Waals surface area contributed by atoms with E-state index in [9.17, 15) is 4.79 Å². The molecule has 0 atom stereocenters. The van der Waals surface area contributed by atoms with Gasteiger partial charge in [-0.25, -0.2) is 9.97 Å². The fourth-order valence-electron chi connectivity index (χ4n) is 3.58. The van der Waals surface area contributed by atoms with Crippen LogP contribution in [0.3, 0.4) is 0 Å². The van der Waals surface area contributed by atoms with Crippen molar-refractivity contribution in [3.63, 3.8) is 0 Å². The summed E-state index contributed by atoms with van der Waals surface area (Å²) >= 11 is 1.58. The van der Waals surface area contributed by atoms with Crippen molar-refractivity contribution in [2.24, 2.45) is 5.92 Å². The van der Waals surface area contributed by atoms with Gasteiger partial charge in [0.1, 0.15) is 5.76 Å². The van der Waals surface area contributed by atoms with Crippen LogP contribution < -0.4 is 4.90 Å². The number of anilines is 1. The summed E-state index contributed by atoms with van der Waals surface area (Å²) in [5, 5.41) is 0.750. The Bertz CT molecular complexity index is 882. The minimum atomic E-state index is 0.0879. The molecule has 3 aromatic rings. The molecule has 136 valence electrons. The van der Waals surface area contributed by atoms with Gasteiger partial charge in [0, 0.05) is 5.92 Å². The zero-order valence-electron chi connectivity index (χ0n) is 15.0. The molecule has 2 aromatic heterocycles. The molecule has 1 aliphatic rings. The van der Waals surface area contributed by atoms with Crippen molar-refractivity contribution in [3.8, 4) is 0 Å². The van der Waals surface area contributed by atoms with Crippen LogP contribution in [0.1, 0.15) is 50.4 Å². The number of carbonyl (C=O) groups is 1. The van der Waals surface area contributed by atoms with Crippen molar-refractivity contribution in [3.05, 3.63) is 42.1 Å². The van der Waals surface area contributed by atoms with E-state index in [0.29, 0.717) is 12.3 Å². The second-order valence-electron chi connectivity index (χ2n) is 6.88. The number of oxazole rings is 1. The molecular formula is C20H23N3O2S. The molecule has 0 bridgehead atoms. The molecule has 26 heavy (non-hydrogen) atoms. The Kier molecular flexibility index (Phi) is 5.02. The van der Waals surface area contributed by atoms with E-state index < -0.39 is 0 Å². The number of carbonyl (C=O) groups excluding carboxylic acids is 1. The fraction of sp³-hybridized carbons (Fsp3) is 0.450. The number of aryl methyl sites for hydroxylation is 1. The average Bonchev–Trinajstić information content (AvgIpc) is 3.34. The van der Waals surface area contributed by atoms with Crippen molar-refractivity contribution in [1.82, 2.24) is 9.97 Å². The molecule has 0 unspecified atom stereocenters. The van der Waals surface area contributed by atoms with E-state index >= 15 is 0 Å². The van der Waals surface area contributed by atoms with Crippen molar-refractivity contribution in [1.29, 1.82) is 0 Å². The van der Waals surface area contributed by atoms with Crippen LogP contribution in [-0.4, -0.2) is 15.9 Å². The van der Waals surface area contributed by atoms with E-state index in [2.05, 4.69) is 24.0 Å². The van der Waals surface area contributed by atoms with Gasteiger partial charge in [-0.2, -0.15) is 0 Å². The number of hydrogen-bond donors (Lipinski definition) is 0. The van der Waals surface area contributed by atoms with Crippen LogP contribution >= 0.6 is 11.3 Å². The van der Waals surface area contributed by atoms with Gasteiger partial charge in [0.05, 0.1) is 23.0 Å². The number of nitrogens with zero attached hydrogens (tertiary/aromatic N) is 3. The monoisotopic (exact) mass is 369 g/mol. The minimum absolute atomic E-state index is 0.0879. The maximum absolute atomic E-state index is 13.3. The number of fused-ring (bicyclic) bond motifs is 1. The van der Waals surface area contributed by atoms with Crippen LogP contribution in [0.15, 0.2) is 35.2 Å². The number of hydrogen-bond acceptors (Lipinski definition) is 5. The lowest BCUT2D eigenvalue weighted by Crippen LogP contribution is -2.36. The number of benzene rings is 1. The van der Waals surface area contributed by atoms with Crippen molar-refractivity contribution in [2.75, 3.05) is 4.90 Å².